The fourth-order valence-corrected chi connectivity index (χ4v) is 3.58. The smallest absolute Gasteiger partial charge is 0.262 e. The number of fused-ring (bicyclic) bond motifs is 1. The molecule has 4 rings (SSSR count). The van der Waals surface area contributed by atoms with Crippen LogP contribution in [0.2, 0.25) is 0 Å². The molecule has 0 aliphatic carbocycles. The van der Waals surface area contributed by atoms with Crippen molar-refractivity contribution < 1.29 is 9.53 Å². The molecule has 0 fully saturated rings. The first kappa shape index (κ1) is 22.6. The van der Waals surface area contributed by atoms with Gasteiger partial charge in [-0.2, -0.15) is 5.10 Å². The van der Waals surface area contributed by atoms with E-state index in [1.165, 1.54) is 0 Å². The standard InChI is InChI=1S/C27H24BrN3O2/c1-19(30-25-15-12-21-6-2-3-7-22(21)16-25)27(32)31-29-17-23-8-4-5-9-26(23)33-18-20-10-13-24(28)14-11-20/h2-17,19,30H,18H2,1H3,(H,31,32)/t19-/m0/s1. The van der Waals surface area contributed by atoms with E-state index < -0.39 is 6.04 Å². The molecule has 0 saturated carbocycles. The zero-order chi connectivity index (χ0) is 23.0. The number of carbonyl (C=O) groups excluding carboxylic acids is 1. The Morgan fingerprint density at radius 1 is 0.970 bits per heavy atom. The molecular formula is C27H24BrN3O2. The average Bonchev–Trinajstić information content (AvgIpc) is 2.84. The van der Waals surface area contributed by atoms with E-state index in [4.69, 9.17) is 4.74 Å². The van der Waals surface area contributed by atoms with Crippen LogP contribution in [0.3, 0.4) is 0 Å². The summed E-state index contributed by atoms with van der Waals surface area (Å²) in [5, 5.41) is 9.63. The third-order valence-electron chi connectivity index (χ3n) is 5.13. The van der Waals surface area contributed by atoms with Gasteiger partial charge in [0.15, 0.2) is 0 Å². The highest BCUT2D eigenvalue weighted by atomic mass is 79.9. The van der Waals surface area contributed by atoms with Crippen molar-refractivity contribution in [2.24, 2.45) is 5.10 Å². The van der Waals surface area contributed by atoms with E-state index in [0.717, 1.165) is 32.1 Å². The van der Waals surface area contributed by atoms with Gasteiger partial charge in [0.05, 0.1) is 6.21 Å². The number of carbonyl (C=O) groups is 1. The van der Waals surface area contributed by atoms with Crippen LogP contribution in [0.4, 0.5) is 5.69 Å². The van der Waals surface area contributed by atoms with Crippen LogP contribution < -0.4 is 15.5 Å². The lowest BCUT2D eigenvalue weighted by atomic mass is 10.1. The summed E-state index contributed by atoms with van der Waals surface area (Å²) in [6.07, 6.45) is 1.59. The second-order valence-corrected chi connectivity index (χ2v) is 8.53. The Kier molecular flexibility index (Phi) is 7.37. The van der Waals surface area contributed by atoms with Crippen LogP contribution in [0.5, 0.6) is 5.75 Å². The van der Waals surface area contributed by atoms with E-state index >= 15 is 0 Å². The maximum absolute atomic E-state index is 12.5. The number of benzene rings is 4. The minimum atomic E-state index is -0.452. The quantitative estimate of drug-likeness (QED) is 0.225. The van der Waals surface area contributed by atoms with E-state index in [2.05, 4.69) is 37.8 Å². The molecule has 0 unspecified atom stereocenters. The number of nitrogens with one attached hydrogen (secondary N) is 2. The largest absolute Gasteiger partial charge is 0.488 e. The normalized spacial score (nSPS) is 11.9. The van der Waals surface area contributed by atoms with Crippen molar-refractivity contribution in [3.8, 4) is 5.75 Å². The van der Waals surface area contributed by atoms with Crippen LogP contribution in [-0.2, 0) is 11.4 Å². The Balaban J connectivity index is 1.34. The van der Waals surface area contributed by atoms with Gasteiger partial charge < -0.3 is 10.1 Å². The number of nitrogens with zero attached hydrogens (tertiary/aromatic N) is 1. The Labute approximate surface area is 201 Å². The SMILES string of the molecule is C[C@H](Nc1ccc2ccccc2c1)C(=O)NN=Cc1ccccc1OCc1ccc(Br)cc1. The summed E-state index contributed by atoms with van der Waals surface area (Å²) in [4.78, 5) is 12.5. The molecule has 33 heavy (non-hydrogen) atoms. The molecule has 0 heterocycles. The van der Waals surface area contributed by atoms with Gasteiger partial charge in [-0.1, -0.05) is 70.5 Å². The Hall–Kier alpha value is -3.64. The molecule has 0 radical (unpaired) electrons. The summed E-state index contributed by atoms with van der Waals surface area (Å²) in [6, 6.07) is 29.2. The first-order valence-corrected chi connectivity index (χ1v) is 11.4. The molecule has 2 N–H and O–H groups in total. The Morgan fingerprint density at radius 3 is 2.52 bits per heavy atom. The molecule has 4 aromatic carbocycles. The van der Waals surface area contributed by atoms with Crippen molar-refractivity contribution in [2.45, 2.75) is 19.6 Å². The summed E-state index contributed by atoms with van der Waals surface area (Å²) >= 11 is 3.43. The van der Waals surface area contributed by atoms with Crippen molar-refractivity contribution in [3.05, 3.63) is 107 Å². The number of amides is 1. The average molecular weight is 502 g/mol. The van der Waals surface area contributed by atoms with Crippen molar-refractivity contribution >= 4 is 44.5 Å². The van der Waals surface area contributed by atoms with E-state index in [0.29, 0.717) is 12.4 Å². The lowest BCUT2D eigenvalue weighted by Crippen LogP contribution is -2.34. The van der Waals surface area contributed by atoms with Gasteiger partial charge in [0.2, 0.25) is 0 Å². The number of hydrazone groups is 1. The molecule has 166 valence electrons. The molecule has 4 aromatic rings. The molecule has 1 amide bonds. The van der Waals surface area contributed by atoms with E-state index in [-0.39, 0.29) is 5.91 Å². The fraction of sp³-hybridized carbons (Fsp3) is 0.111. The zero-order valence-corrected chi connectivity index (χ0v) is 19.7. The van der Waals surface area contributed by atoms with Crippen molar-refractivity contribution in [3.63, 3.8) is 0 Å². The number of ether oxygens (including phenoxy) is 1. The Bertz CT molecular complexity index is 1270. The summed E-state index contributed by atoms with van der Waals surface area (Å²) in [7, 11) is 0. The van der Waals surface area contributed by atoms with Gasteiger partial charge in [0.25, 0.3) is 5.91 Å². The van der Waals surface area contributed by atoms with Crippen LogP contribution >= 0.6 is 15.9 Å². The molecule has 0 bridgehead atoms. The highest BCUT2D eigenvalue weighted by Gasteiger charge is 2.12. The molecule has 0 aromatic heterocycles. The van der Waals surface area contributed by atoms with Gasteiger partial charge >= 0.3 is 0 Å². The highest BCUT2D eigenvalue weighted by Crippen LogP contribution is 2.20. The first-order chi connectivity index (χ1) is 16.1. The number of anilines is 1. The fourth-order valence-electron chi connectivity index (χ4n) is 3.32. The van der Waals surface area contributed by atoms with Gasteiger partial charge in [-0.25, -0.2) is 5.43 Å². The van der Waals surface area contributed by atoms with E-state index in [9.17, 15) is 4.79 Å². The van der Waals surface area contributed by atoms with Crippen LogP contribution in [-0.4, -0.2) is 18.2 Å². The second-order valence-electron chi connectivity index (χ2n) is 7.62. The maximum Gasteiger partial charge on any atom is 0.262 e. The van der Waals surface area contributed by atoms with Gasteiger partial charge in [-0.3, -0.25) is 4.79 Å². The van der Waals surface area contributed by atoms with E-state index in [1.807, 2.05) is 84.9 Å². The molecule has 0 spiro atoms. The predicted octanol–water partition coefficient (Wildman–Crippen LogP) is 6.13. The van der Waals surface area contributed by atoms with Crippen molar-refractivity contribution in [1.82, 2.24) is 5.43 Å². The van der Waals surface area contributed by atoms with Gasteiger partial charge in [0, 0.05) is 15.7 Å². The van der Waals surface area contributed by atoms with Gasteiger partial charge in [-0.15, -0.1) is 0 Å². The highest BCUT2D eigenvalue weighted by molar-refractivity contribution is 9.10. The second kappa shape index (κ2) is 10.8. The van der Waals surface area contributed by atoms with E-state index in [1.54, 1.807) is 13.1 Å². The molecule has 6 heteroatoms. The van der Waals surface area contributed by atoms with Crippen LogP contribution in [0.1, 0.15) is 18.1 Å². The van der Waals surface area contributed by atoms with Gasteiger partial charge in [0.1, 0.15) is 18.4 Å². The topological polar surface area (TPSA) is 62.7 Å². The summed E-state index contributed by atoms with van der Waals surface area (Å²) in [5.41, 5.74) is 5.33. The molecule has 0 aliphatic heterocycles. The molecule has 5 nitrogen and oxygen atoms in total. The molecule has 0 aliphatic rings. The van der Waals surface area contributed by atoms with Crippen LogP contribution in [0.15, 0.2) is 101 Å². The number of hydrogen-bond donors (Lipinski definition) is 2. The number of hydrogen-bond acceptors (Lipinski definition) is 4. The third kappa shape index (κ3) is 6.20. The maximum atomic E-state index is 12.5. The lowest BCUT2D eigenvalue weighted by molar-refractivity contribution is -0.121. The minimum Gasteiger partial charge on any atom is -0.488 e. The van der Waals surface area contributed by atoms with Crippen LogP contribution in [0.25, 0.3) is 10.8 Å². The number of para-hydroxylation sites is 1. The van der Waals surface area contributed by atoms with Gasteiger partial charge in [-0.05, 0) is 59.7 Å². The summed E-state index contributed by atoms with van der Waals surface area (Å²) in [6.45, 7) is 2.24. The number of halogens is 1. The lowest BCUT2D eigenvalue weighted by Gasteiger charge is -2.14. The zero-order valence-electron chi connectivity index (χ0n) is 18.2. The third-order valence-corrected chi connectivity index (χ3v) is 5.66. The monoisotopic (exact) mass is 501 g/mol. The van der Waals surface area contributed by atoms with Crippen molar-refractivity contribution in [1.29, 1.82) is 0 Å². The minimum absolute atomic E-state index is 0.229. The Morgan fingerprint density at radius 2 is 1.70 bits per heavy atom. The molecule has 1 atom stereocenters. The van der Waals surface area contributed by atoms with Crippen molar-refractivity contribution in [2.75, 3.05) is 5.32 Å². The molecular weight excluding hydrogens is 478 g/mol. The number of rotatable bonds is 8. The van der Waals surface area contributed by atoms with Crippen LogP contribution in [0, 0.1) is 0 Å². The summed E-state index contributed by atoms with van der Waals surface area (Å²) < 4.78 is 6.98. The summed E-state index contributed by atoms with van der Waals surface area (Å²) in [5.74, 6) is 0.466. The first-order valence-electron chi connectivity index (χ1n) is 10.6. The predicted molar refractivity (Wildman–Crippen MR) is 138 cm³/mol. The molecule has 0 saturated heterocycles.